The van der Waals surface area contributed by atoms with Gasteiger partial charge in [-0.2, -0.15) is 0 Å². The number of aldehydes is 1. The molecule has 0 fully saturated rings. The van der Waals surface area contributed by atoms with Crippen molar-refractivity contribution < 1.29 is 9.72 Å². The SMILES string of the molecule is O=CCC=Cc1ccc2[nH]cc([N+](=O)[O-])c(=O)c2c1. The number of hydrogen-bond acceptors (Lipinski definition) is 4. The van der Waals surface area contributed by atoms with Gasteiger partial charge in [-0.15, -0.1) is 0 Å². The highest BCUT2D eigenvalue weighted by molar-refractivity contribution is 5.82. The van der Waals surface area contributed by atoms with Crippen LogP contribution in [-0.4, -0.2) is 16.2 Å². The van der Waals surface area contributed by atoms with Crippen LogP contribution in [0.1, 0.15) is 12.0 Å². The molecule has 2 aromatic rings. The number of carbonyl (C=O) groups excluding carboxylic acids is 1. The van der Waals surface area contributed by atoms with Crippen molar-refractivity contribution in [2.75, 3.05) is 0 Å². The van der Waals surface area contributed by atoms with Crippen LogP contribution in [0.2, 0.25) is 0 Å². The molecule has 0 radical (unpaired) electrons. The lowest BCUT2D eigenvalue weighted by molar-refractivity contribution is -0.386. The van der Waals surface area contributed by atoms with E-state index < -0.39 is 16.0 Å². The standard InChI is InChI=1S/C13H10N2O4/c16-6-2-1-3-9-4-5-11-10(7-9)13(17)12(8-14-11)15(18)19/h1,3-8H,2H2,(H,14,17). The molecule has 6 nitrogen and oxygen atoms in total. The fourth-order valence-electron chi connectivity index (χ4n) is 1.72. The first-order chi connectivity index (χ1) is 9.13. The van der Waals surface area contributed by atoms with Crippen LogP contribution in [0.3, 0.4) is 0 Å². The van der Waals surface area contributed by atoms with Crippen LogP contribution >= 0.6 is 0 Å². The predicted molar refractivity (Wildman–Crippen MR) is 70.9 cm³/mol. The monoisotopic (exact) mass is 258 g/mol. The summed E-state index contributed by atoms with van der Waals surface area (Å²) in [6.07, 6.45) is 5.47. The smallest absolute Gasteiger partial charge is 0.332 e. The Bertz CT molecular complexity index is 731. The third kappa shape index (κ3) is 2.57. The second-order valence-corrected chi connectivity index (χ2v) is 3.87. The maximum absolute atomic E-state index is 11.9. The van der Waals surface area contributed by atoms with Crippen LogP contribution in [0, 0.1) is 10.1 Å². The lowest BCUT2D eigenvalue weighted by atomic mass is 10.1. The molecule has 1 aromatic carbocycles. The summed E-state index contributed by atoms with van der Waals surface area (Å²) in [5.74, 6) is 0. The number of benzene rings is 1. The number of aromatic amines is 1. The molecule has 0 spiro atoms. The summed E-state index contributed by atoms with van der Waals surface area (Å²) in [6, 6.07) is 4.98. The van der Waals surface area contributed by atoms with Gasteiger partial charge < -0.3 is 9.78 Å². The highest BCUT2D eigenvalue weighted by Crippen LogP contribution is 2.15. The van der Waals surface area contributed by atoms with Gasteiger partial charge in [-0.05, 0) is 17.7 Å². The molecule has 0 atom stereocenters. The summed E-state index contributed by atoms with van der Waals surface area (Å²) in [7, 11) is 0. The van der Waals surface area contributed by atoms with Gasteiger partial charge in [0.2, 0.25) is 0 Å². The summed E-state index contributed by atoms with van der Waals surface area (Å²) in [6.45, 7) is 0. The highest BCUT2D eigenvalue weighted by atomic mass is 16.6. The maximum atomic E-state index is 11.9. The Morgan fingerprint density at radius 2 is 2.16 bits per heavy atom. The van der Waals surface area contributed by atoms with Gasteiger partial charge in [0.15, 0.2) is 0 Å². The second-order valence-electron chi connectivity index (χ2n) is 3.87. The van der Waals surface area contributed by atoms with E-state index in [2.05, 4.69) is 4.98 Å². The summed E-state index contributed by atoms with van der Waals surface area (Å²) in [4.78, 5) is 34.8. The number of H-pyrrole nitrogens is 1. The van der Waals surface area contributed by atoms with Gasteiger partial charge in [-0.3, -0.25) is 14.9 Å². The van der Waals surface area contributed by atoms with Crippen molar-refractivity contribution in [2.24, 2.45) is 0 Å². The van der Waals surface area contributed by atoms with Crippen LogP contribution in [-0.2, 0) is 4.79 Å². The van der Waals surface area contributed by atoms with E-state index in [1.165, 1.54) is 0 Å². The number of fused-ring (bicyclic) bond motifs is 1. The van der Waals surface area contributed by atoms with Gasteiger partial charge in [0.25, 0.3) is 5.43 Å². The minimum atomic E-state index is -0.715. The number of nitro groups is 1. The topological polar surface area (TPSA) is 93.1 Å². The Balaban J connectivity index is 2.57. The fraction of sp³-hybridized carbons (Fsp3) is 0.0769. The van der Waals surface area contributed by atoms with Gasteiger partial charge in [-0.25, -0.2) is 0 Å². The van der Waals surface area contributed by atoms with Crippen molar-refractivity contribution in [2.45, 2.75) is 6.42 Å². The number of hydrogen-bond donors (Lipinski definition) is 1. The zero-order chi connectivity index (χ0) is 13.8. The first-order valence-corrected chi connectivity index (χ1v) is 5.53. The maximum Gasteiger partial charge on any atom is 0.332 e. The molecule has 0 unspecified atom stereocenters. The average Bonchev–Trinajstić information content (AvgIpc) is 2.39. The zero-order valence-electron chi connectivity index (χ0n) is 9.83. The molecule has 0 saturated heterocycles. The molecular weight excluding hydrogens is 248 g/mol. The van der Waals surface area contributed by atoms with E-state index in [1.807, 2.05) is 0 Å². The Labute approximate surface area is 107 Å². The van der Waals surface area contributed by atoms with E-state index in [9.17, 15) is 19.7 Å². The molecule has 0 saturated carbocycles. The first kappa shape index (κ1) is 12.7. The number of nitrogens with zero attached hydrogens (tertiary/aromatic N) is 1. The van der Waals surface area contributed by atoms with Crippen LogP contribution in [0.5, 0.6) is 0 Å². The molecule has 1 aromatic heterocycles. The first-order valence-electron chi connectivity index (χ1n) is 5.53. The van der Waals surface area contributed by atoms with E-state index in [0.29, 0.717) is 11.1 Å². The van der Waals surface area contributed by atoms with Crippen LogP contribution in [0.25, 0.3) is 17.0 Å². The lowest BCUT2D eigenvalue weighted by Crippen LogP contribution is -2.09. The summed E-state index contributed by atoms with van der Waals surface area (Å²) >= 11 is 0. The number of allylic oxidation sites excluding steroid dienone is 1. The quantitative estimate of drug-likeness (QED) is 0.516. The van der Waals surface area contributed by atoms with E-state index in [1.54, 1.807) is 30.4 Å². The third-order valence-electron chi connectivity index (χ3n) is 2.62. The van der Waals surface area contributed by atoms with Gasteiger partial charge >= 0.3 is 5.69 Å². The number of rotatable bonds is 4. The molecule has 0 aliphatic heterocycles. The molecule has 0 amide bonds. The Morgan fingerprint density at radius 1 is 1.37 bits per heavy atom. The summed E-state index contributed by atoms with van der Waals surface area (Å²) in [5.41, 5.74) is 0.134. The summed E-state index contributed by atoms with van der Waals surface area (Å²) in [5, 5.41) is 10.9. The van der Waals surface area contributed by atoms with Crippen molar-refractivity contribution in [3.8, 4) is 0 Å². The number of aromatic nitrogens is 1. The Hall–Kier alpha value is -2.76. The third-order valence-corrected chi connectivity index (χ3v) is 2.62. The zero-order valence-corrected chi connectivity index (χ0v) is 9.83. The van der Waals surface area contributed by atoms with Gasteiger partial charge in [0.05, 0.1) is 16.5 Å². The average molecular weight is 258 g/mol. The van der Waals surface area contributed by atoms with Crippen LogP contribution < -0.4 is 5.43 Å². The van der Waals surface area contributed by atoms with E-state index in [-0.39, 0.29) is 11.8 Å². The van der Waals surface area contributed by atoms with E-state index in [0.717, 1.165) is 12.5 Å². The van der Waals surface area contributed by atoms with Gasteiger partial charge in [0.1, 0.15) is 6.29 Å². The number of pyridine rings is 1. The van der Waals surface area contributed by atoms with Crippen molar-refractivity contribution in [1.29, 1.82) is 0 Å². The molecule has 1 N–H and O–H groups in total. The van der Waals surface area contributed by atoms with Crippen LogP contribution in [0.4, 0.5) is 5.69 Å². The molecule has 2 rings (SSSR count). The summed E-state index contributed by atoms with van der Waals surface area (Å²) < 4.78 is 0. The molecule has 0 aliphatic rings. The van der Waals surface area contributed by atoms with E-state index in [4.69, 9.17) is 0 Å². The minimum Gasteiger partial charge on any atom is -0.355 e. The predicted octanol–water partition coefficient (Wildman–Crippen LogP) is 2.04. The number of nitrogens with one attached hydrogen (secondary N) is 1. The molecule has 96 valence electrons. The number of carbonyl (C=O) groups is 1. The molecule has 19 heavy (non-hydrogen) atoms. The molecular formula is C13H10N2O4. The van der Waals surface area contributed by atoms with E-state index >= 15 is 0 Å². The normalized spacial score (nSPS) is 10.9. The van der Waals surface area contributed by atoms with Crippen molar-refractivity contribution in [1.82, 2.24) is 4.98 Å². The van der Waals surface area contributed by atoms with Crippen molar-refractivity contribution in [3.63, 3.8) is 0 Å². The second kappa shape index (κ2) is 5.26. The Morgan fingerprint density at radius 3 is 2.84 bits per heavy atom. The molecule has 6 heteroatoms. The fourth-order valence-corrected chi connectivity index (χ4v) is 1.72. The molecule has 1 heterocycles. The van der Waals surface area contributed by atoms with Crippen molar-refractivity contribution >= 4 is 29.0 Å². The van der Waals surface area contributed by atoms with Gasteiger partial charge in [0, 0.05) is 11.9 Å². The van der Waals surface area contributed by atoms with Crippen molar-refractivity contribution in [3.05, 3.63) is 56.4 Å². The minimum absolute atomic E-state index is 0.252. The highest BCUT2D eigenvalue weighted by Gasteiger charge is 2.14. The Kier molecular flexibility index (Phi) is 3.51. The van der Waals surface area contributed by atoms with Crippen LogP contribution in [0.15, 0.2) is 35.3 Å². The largest absolute Gasteiger partial charge is 0.355 e. The molecule has 0 bridgehead atoms. The van der Waals surface area contributed by atoms with Gasteiger partial charge in [-0.1, -0.05) is 18.2 Å². The lowest BCUT2D eigenvalue weighted by Gasteiger charge is -1.99. The molecule has 0 aliphatic carbocycles.